The standard InChI is InChI=1S/C13H15Cl/c1-8(2)12-6-10-4-9(3)5-11(10)7-13(12)14/h6-8H,3-5H2,1-2H3. The average molecular weight is 207 g/mol. The third kappa shape index (κ3) is 1.59. The summed E-state index contributed by atoms with van der Waals surface area (Å²) in [6.07, 6.45) is 2.04. The Kier molecular flexibility index (Phi) is 2.40. The highest BCUT2D eigenvalue weighted by atomic mass is 35.5. The van der Waals surface area contributed by atoms with Crippen LogP contribution in [0.1, 0.15) is 36.5 Å². The van der Waals surface area contributed by atoms with Crippen molar-refractivity contribution in [2.75, 3.05) is 0 Å². The van der Waals surface area contributed by atoms with Gasteiger partial charge in [-0.15, -0.1) is 0 Å². The molecule has 1 heteroatoms. The molecule has 0 aromatic heterocycles. The van der Waals surface area contributed by atoms with E-state index in [0.29, 0.717) is 5.92 Å². The molecule has 0 nitrogen and oxygen atoms in total. The van der Waals surface area contributed by atoms with Crippen molar-refractivity contribution in [3.8, 4) is 0 Å². The Labute approximate surface area is 90.6 Å². The lowest BCUT2D eigenvalue weighted by Crippen LogP contribution is -1.92. The zero-order valence-electron chi connectivity index (χ0n) is 8.73. The minimum atomic E-state index is 0.502. The second-order valence-corrected chi connectivity index (χ2v) is 4.81. The summed E-state index contributed by atoms with van der Waals surface area (Å²) in [7, 11) is 0. The summed E-state index contributed by atoms with van der Waals surface area (Å²) in [6.45, 7) is 8.39. The number of halogens is 1. The van der Waals surface area contributed by atoms with Crippen LogP contribution in [0.15, 0.2) is 24.3 Å². The van der Waals surface area contributed by atoms with Crippen molar-refractivity contribution in [3.63, 3.8) is 0 Å². The predicted octanol–water partition coefficient (Wildman–Crippen LogP) is 4.12. The number of allylic oxidation sites excluding steroid dienone is 1. The summed E-state index contributed by atoms with van der Waals surface area (Å²) in [6, 6.07) is 4.37. The maximum Gasteiger partial charge on any atom is 0.0443 e. The van der Waals surface area contributed by atoms with Crippen LogP contribution in [0.25, 0.3) is 0 Å². The lowest BCUT2D eigenvalue weighted by atomic mass is 9.98. The summed E-state index contributed by atoms with van der Waals surface area (Å²) < 4.78 is 0. The molecular weight excluding hydrogens is 192 g/mol. The predicted molar refractivity (Wildman–Crippen MR) is 62.1 cm³/mol. The van der Waals surface area contributed by atoms with E-state index in [1.165, 1.54) is 22.3 Å². The van der Waals surface area contributed by atoms with Crippen LogP contribution in [0.2, 0.25) is 5.02 Å². The van der Waals surface area contributed by atoms with Gasteiger partial charge in [-0.25, -0.2) is 0 Å². The Morgan fingerprint density at radius 1 is 1.21 bits per heavy atom. The van der Waals surface area contributed by atoms with Gasteiger partial charge in [-0.05, 0) is 41.5 Å². The Morgan fingerprint density at radius 2 is 1.79 bits per heavy atom. The average Bonchev–Trinajstić information content (AvgIpc) is 2.42. The van der Waals surface area contributed by atoms with E-state index in [1.54, 1.807) is 0 Å². The topological polar surface area (TPSA) is 0 Å². The third-order valence-corrected chi connectivity index (χ3v) is 3.15. The van der Waals surface area contributed by atoms with Crippen molar-refractivity contribution in [2.45, 2.75) is 32.6 Å². The molecule has 2 rings (SSSR count). The first-order chi connectivity index (χ1) is 6.58. The van der Waals surface area contributed by atoms with Crippen molar-refractivity contribution in [2.24, 2.45) is 0 Å². The Balaban J connectivity index is 2.50. The molecule has 0 amide bonds. The summed E-state index contributed by atoms with van der Waals surface area (Å²) in [5.41, 5.74) is 5.35. The van der Waals surface area contributed by atoms with Crippen LogP contribution in [0.5, 0.6) is 0 Å². The molecule has 0 atom stereocenters. The molecule has 1 aromatic rings. The van der Waals surface area contributed by atoms with E-state index in [-0.39, 0.29) is 0 Å². The van der Waals surface area contributed by atoms with Gasteiger partial charge in [-0.1, -0.05) is 43.7 Å². The fraction of sp³-hybridized carbons (Fsp3) is 0.385. The summed E-state index contributed by atoms with van der Waals surface area (Å²) >= 11 is 6.22. The number of hydrogen-bond acceptors (Lipinski definition) is 0. The molecule has 0 radical (unpaired) electrons. The van der Waals surface area contributed by atoms with E-state index in [1.807, 2.05) is 0 Å². The van der Waals surface area contributed by atoms with Crippen LogP contribution in [0.4, 0.5) is 0 Å². The lowest BCUT2D eigenvalue weighted by Gasteiger charge is -2.10. The van der Waals surface area contributed by atoms with E-state index >= 15 is 0 Å². The van der Waals surface area contributed by atoms with E-state index < -0.39 is 0 Å². The molecule has 0 saturated heterocycles. The van der Waals surface area contributed by atoms with E-state index in [9.17, 15) is 0 Å². The third-order valence-electron chi connectivity index (χ3n) is 2.82. The molecule has 0 heterocycles. The Bertz CT molecular complexity index is 388. The second-order valence-electron chi connectivity index (χ2n) is 4.40. The maximum atomic E-state index is 6.22. The number of fused-ring (bicyclic) bond motifs is 1. The molecule has 0 bridgehead atoms. The number of benzene rings is 1. The lowest BCUT2D eigenvalue weighted by molar-refractivity contribution is 0.864. The van der Waals surface area contributed by atoms with Gasteiger partial charge in [0.25, 0.3) is 0 Å². The van der Waals surface area contributed by atoms with Crippen molar-refractivity contribution >= 4 is 11.6 Å². The molecule has 0 N–H and O–H groups in total. The first-order valence-corrected chi connectivity index (χ1v) is 5.43. The van der Waals surface area contributed by atoms with Crippen molar-refractivity contribution in [1.29, 1.82) is 0 Å². The van der Waals surface area contributed by atoms with Crippen LogP contribution in [-0.2, 0) is 12.8 Å². The van der Waals surface area contributed by atoms with Gasteiger partial charge in [0, 0.05) is 5.02 Å². The van der Waals surface area contributed by atoms with Crippen molar-refractivity contribution < 1.29 is 0 Å². The van der Waals surface area contributed by atoms with Gasteiger partial charge >= 0.3 is 0 Å². The van der Waals surface area contributed by atoms with Gasteiger partial charge in [0.2, 0.25) is 0 Å². The minimum Gasteiger partial charge on any atom is -0.0992 e. The van der Waals surface area contributed by atoms with Gasteiger partial charge in [-0.2, -0.15) is 0 Å². The highest BCUT2D eigenvalue weighted by molar-refractivity contribution is 6.31. The van der Waals surface area contributed by atoms with Crippen molar-refractivity contribution in [1.82, 2.24) is 0 Å². The molecule has 1 aliphatic rings. The zero-order chi connectivity index (χ0) is 10.3. The highest BCUT2D eigenvalue weighted by Crippen LogP contribution is 2.33. The first kappa shape index (κ1) is 9.79. The summed E-state index contributed by atoms with van der Waals surface area (Å²) in [5, 5.41) is 0.911. The van der Waals surface area contributed by atoms with E-state index in [4.69, 9.17) is 11.6 Å². The molecule has 0 unspecified atom stereocenters. The van der Waals surface area contributed by atoms with Crippen LogP contribution >= 0.6 is 11.6 Å². The van der Waals surface area contributed by atoms with Crippen LogP contribution in [-0.4, -0.2) is 0 Å². The Hall–Kier alpha value is -0.750. The SMILES string of the molecule is C=C1Cc2cc(Cl)c(C(C)C)cc2C1. The molecule has 1 aliphatic carbocycles. The monoisotopic (exact) mass is 206 g/mol. The Morgan fingerprint density at radius 3 is 2.36 bits per heavy atom. The molecule has 0 fully saturated rings. The molecular formula is C13H15Cl. The van der Waals surface area contributed by atoms with Crippen molar-refractivity contribution in [3.05, 3.63) is 46.0 Å². The molecule has 0 spiro atoms. The quantitative estimate of drug-likeness (QED) is 0.607. The molecule has 14 heavy (non-hydrogen) atoms. The van der Waals surface area contributed by atoms with Gasteiger partial charge in [0.05, 0.1) is 0 Å². The molecule has 0 saturated carbocycles. The second kappa shape index (κ2) is 3.43. The van der Waals surface area contributed by atoms with Crippen LogP contribution < -0.4 is 0 Å². The summed E-state index contributed by atoms with van der Waals surface area (Å²) in [4.78, 5) is 0. The largest absolute Gasteiger partial charge is 0.0992 e. The minimum absolute atomic E-state index is 0.502. The molecule has 1 aromatic carbocycles. The number of hydrogen-bond donors (Lipinski definition) is 0. The van der Waals surface area contributed by atoms with Crippen LogP contribution in [0.3, 0.4) is 0 Å². The first-order valence-electron chi connectivity index (χ1n) is 5.05. The van der Waals surface area contributed by atoms with Crippen LogP contribution in [0, 0.1) is 0 Å². The summed E-state index contributed by atoms with van der Waals surface area (Å²) in [5.74, 6) is 0.502. The van der Waals surface area contributed by atoms with Gasteiger partial charge in [-0.3, -0.25) is 0 Å². The smallest absolute Gasteiger partial charge is 0.0443 e. The van der Waals surface area contributed by atoms with Gasteiger partial charge in [0.1, 0.15) is 0 Å². The van der Waals surface area contributed by atoms with Gasteiger partial charge in [0.15, 0.2) is 0 Å². The molecule has 0 aliphatic heterocycles. The number of rotatable bonds is 1. The van der Waals surface area contributed by atoms with E-state index in [2.05, 4.69) is 32.6 Å². The fourth-order valence-electron chi connectivity index (χ4n) is 2.05. The van der Waals surface area contributed by atoms with E-state index in [0.717, 1.165) is 17.9 Å². The maximum absolute atomic E-state index is 6.22. The zero-order valence-corrected chi connectivity index (χ0v) is 9.49. The van der Waals surface area contributed by atoms with Gasteiger partial charge < -0.3 is 0 Å². The fourth-order valence-corrected chi connectivity index (χ4v) is 2.46. The highest BCUT2D eigenvalue weighted by Gasteiger charge is 2.17. The molecule has 74 valence electrons. The normalized spacial score (nSPS) is 15.0.